The lowest BCUT2D eigenvalue weighted by Gasteiger charge is -2.33. The monoisotopic (exact) mass is 449 g/mol. The van der Waals surface area contributed by atoms with Crippen LogP contribution in [-0.2, 0) is 17.8 Å². The molecular formula is C25H31N5O3. The molecule has 0 unspecified atom stereocenters. The van der Waals surface area contributed by atoms with Crippen LogP contribution in [0.5, 0.6) is 0 Å². The molecule has 8 heteroatoms. The number of anilines is 1. The highest BCUT2D eigenvalue weighted by molar-refractivity contribution is 5.94. The number of carbonyl (C=O) groups is 1. The van der Waals surface area contributed by atoms with E-state index in [9.17, 15) is 9.59 Å². The molecule has 1 aliphatic carbocycles. The van der Waals surface area contributed by atoms with Gasteiger partial charge in [-0.05, 0) is 69.1 Å². The third-order valence-electron chi connectivity index (χ3n) is 7.29. The number of nitrogens with one attached hydrogen (secondary N) is 1. The molecule has 1 N–H and O–H groups in total. The van der Waals surface area contributed by atoms with E-state index in [1.807, 2.05) is 26.0 Å². The van der Waals surface area contributed by atoms with Crippen molar-refractivity contribution in [2.75, 3.05) is 25.0 Å². The molecule has 0 radical (unpaired) electrons. The summed E-state index contributed by atoms with van der Waals surface area (Å²) in [6.45, 7) is 6.77. The second-order valence-electron chi connectivity index (χ2n) is 9.51. The molecule has 1 saturated carbocycles. The second kappa shape index (κ2) is 9.09. The van der Waals surface area contributed by atoms with Crippen molar-refractivity contribution in [3.63, 3.8) is 0 Å². The molecule has 1 saturated heterocycles. The summed E-state index contributed by atoms with van der Waals surface area (Å²) in [5.74, 6) is 1.47. The van der Waals surface area contributed by atoms with Gasteiger partial charge in [-0.1, -0.05) is 6.42 Å². The fourth-order valence-electron chi connectivity index (χ4n) is 5.80. The second-order valence-corrected chi connectivity index (χ2v) is 9.51. The van der Waals surface area contributed by atoms with Crippen LogP contribution in [-0.4, -0.2) is 45.0 Å². The average molecular weight is 450 g/mol. The Morgan fingerprint density at radius 2 is 2.09 bits per heavy atom. The molecule has 174 valence electrons. The normalized spacial score (nSPS) is 23.0. The molecule has 1 amide bonds. The SMILES string of the molecule is CCn1c(=O)oc2cc(NC(=O)CN3C[C@H]4CCC[C@H](Cc5cc(C)ncn5)[C@H]4C3)ccc21. The molecule has 5 rings (SSSR count). The van der Waals surface area contributed by atoms with Gasteiger partial charge in [0.05, 0.1) is 12.1 Å². The fourth-order valence-corrected chi connectivity index (χ4v) is 5.80. The van der Waals surface area contributed by atoms with E-state index in [0.717, 1.165) is 36.4 Å². The summed E-state index contributed by atoms with van der Waals surface area (Å²) in [5.41, 5.74) is 4.03. The van der Waals surface area contributed by atoms with Gasteiger partial charge in [0.1, 0.15) is 6.33 Å². The quantitative estimate of drug-likeness (QED) is 0.621. The first-order chi connectivity index (χ1) is 16.0. The number of benzene rings is 1. The number of hydrogen-bond donors (Lipinski definition) is 1. The summed E-state index contributed by atoms with van der Waals surface area (Å²) >= 11 is 0. The van der Waals surface area contributed by atoms with Crippen LogP contribution in [0.1, 0.15) is 37.6 Å². The largest absolute Gasteiger partial charge is 0.419 e. The van der Waals surface area contributed by atoms with E-state index in [2.05, 4.69) is 26.3 Å². The Hall–Kier alpha value is -3.00. The Morgan fingerprint density at radius 1 is 1.21 bits per heavy atom. The van der Waals surface area contributed by atoms with Gasteiger partial charge >= 0.3 is 5.76 Å². The maximum atomic E-state index is 12.8. The lowest BCUT2D eigenvalue weighted by molar-refractivity contribution is -0.117. The van der Waals surface area contributed by atoms with Crippen molar-refractivity contribution in [1.82, 2.24) is 19.4 Å². The maximum Gasteiger partial charge on any atom is 0.419 e. The van der Waals surface area contributed by atoms with Gasteiger partial charge in [0.15, 0.2) is 5.58 Å². The number of rotatable bonds is 6. The highest BCUT2D eigenvalue weighted by Gasteiger charge is 2.40. The summed E-state index contributed by atoms with van der Waals surface area (Å²) in [5, 5.41) is 2.98. The molecule has 0 bridgehead atoms. The number of carbonyl (C=O) groups excluding carboxylic acids is 1. The van der Waals surface area contributed by atoms with Gasteiger partial charge in [-0.25, -0.2) is 14.8 Å². The van der Waals surface area contributed by atoms with Crippen molar-refractivity contribution in [2.24, 2.45) is 17.8 Å². The van der Waals surface area contributed by atoms with E-state index >= 15 is 0 Å². The zero-order valence-corrected chi connectivity index (χ0v) is 19.3. The third kappa shape index (κ3) is 4.57. The standard InChI is InChI=1S/C25H31N5O3/c1-3-30-22-8-7-19(11-23(22)33-25(30)32)28-24(31)14-29-12-18-6-4-5-17(21(18)13-29)10-20-9-16(2)26-15-27-20/h7-9,11,15,17-18,21H,3-6,10,12-14H2,1-2H3,(H,28,31)/t17-,18-,21-/m1/s1. The lowest BCUT2D eigenvalue weighted by Crippen LogP contribution is -2.32. The van der Waals surface area contributed by atoms with Crippen molar-refractivity contribution < 1.29 is 9.21 Å². The molecule has 1 aliphatic heterocycles. The topological polar surface area (TPSA) is 93.3 Å². The first-order valence-corrected chi connectivity index (χ1v) is 11.9. The Balaban J connectivity index is 1.21. The van der Waals surface area contributed by atoms with Crippen LogP contribution in [0.15, 0.2) is 39.8 Å². The van der Waals surface area contributed by atoms with Crippen molar-refractivity contribution in [2.45, 2.75) is 46.1 Å². The van der Waals surface area contributed by atoms with Crippen molar-refractivity contribution in [3.8, 4) is 0 Å². The smallest absolute Gasteiger partial charge is 0.408 e. The number of nitrogens with zero attached hydrogens (tertiary/aromatic N) is 4. The van der Waals surface area contributed by atoms with Crippen molar-refractivity contribution in [3.05, 3.63) is 52.5 Å². The van der Waals surface area contributed by atoms with E-state index in [4.69, 9.17) is 4.42 Å². The van der Waals surface area contributed by atoms with Crippen LogP contribution in [0, 0.1) is 24.7 Å². The highest BCUT2D eigenvalue weighted by Crippen LogP contribution is 2.41. The van der Waals surface area contributed by atoms with E-state index in [0.29, 0.717) is 42.1 Å². The number of amides is 1. The van der Waals surface area contributed by atoms with Crippen LogP contribution in [0.4, 0.5) is 5.69 Å². The van der Waals surface area contributed by atoms with Gasteiger partial charge in [-0.2, -0.15) is 0 Å². The fraction of sp³-hybridized carbons (Fsp3) is 0.520. The van der Waals surface area contributed by atoms with E-state index in [-0.39, 0.29) is 11.7 Å². The summed E-state index contributed by atoms with van der Waals surface area (Å²) in [4.78, 5) is 35.7. The van der Waals surface area contributed by atoms with E-state index < -0.39 is 0 Å². The van der Waals surface area contributed by atoms with E-state index in [1.165, 1.54) is 19.3 Å². The molecule has 1 aromatic carbocycles. The summed E-state index contributed by atoms with van der Waals surface area (Å²) in [7, 11) is 0. The number of fused-ring (bicyclic) bond motifs is 2. The van der Waals surface area contributed by atoms with Crippen molar-refractivity contribution >= 4 is 22.7 Å². The minimum atomic E-state index is -0.373. The Labute approximate surface area is 193 Å². The Kier molecular flexibility index (Phi) is 6.01. The van der Waals surface area contributed by atoms with Crippen LogP contribution in [0.25, 0.3) is 11.1 Å². The Bertz CT molecular complexity index is 1220. The Morgan fingerprint density at radius 3 is 2.91 bits per heavy atom. The van der Waals surface area contributed by atoms with Crippen LogP contribution in [0.3, 0.4) is 0 Å². The summed E-state index contributed by atoms with van der Waals surface area (Å²) in [6, 6.07) is 7.47. The minimum absolute atomic E-state index is 0.0340. The first-order valence-electron chi connectivity index (χ1n) is 11.9. The van der Waals surface area contributed by atoms with Crippen LogP contribution >= 0.6 is 0 Å². The molecule has 3 atom stereocenters. The molecule has 2 aromatic heterocycles. The van der Waals surface area contributed by atoms with Gasteiger partial charge < -0.3 is 9.73 Å². The third-order valence-corrected chi connectivity index (χ3v) is 7.29. The van der Waals surface area contributed by atoms with Crippen LogP contribution < -0.4 is 11.1 Å². The average Bonchev–Trinajstić information content (AvgIpc) is 3.33. The number of aryl methyl sites for hydroxylation is 2. The zero-order chi connectivity index (χ0) is 22.9. The molecule has 3 aromatic rings. The van der Waals surface area contributed by atoms with Gasteiger partial charge in [-0.15, -0.1) is 0 Å². The molecular weight excluding hydrogens is 418 g/mol. The van der Waals surface area contributed by atoms with Gasteiger partial charge in [-0.3, -0.25) is 14.3 Å². The molecule has 3 heterocycles. The minimum Gasteiger partial charge on any atom is -0.408 e. The van der Waals surface area contributed by atoms with E-state index in [1.54, 1.807) is 17.0 Å². The maximum absolute atomic E-state index is 12.8. The summed E-state index contributed by atoms with van der Waals surface area (Å²) in [6.07, 6.45) is 6.38. The van der Waals surface area contributed by atoms with Crippen molar-refractivity contribution in [1.29, 1.82) is 0 Å². The highest BCUT2D eigenvalue weighted by atomic mass is 16.4. The first kappa shape index (κ1) is 21.8. The molecule has 0 spiro atoms. The summed E-state index contributed by atoms with van der Waals surface area (Å²) < 4.78 is 6.89. The van der Waals surface area contributed by atoms with Gasteiger partial charge in [0.2, 0.25) is 5.91 Å². The predicted octanol–water partition coefficient (Wildman–Crippen LogP) is 3.24. The molecule has 8 nitrogen and oxygen atoms in total. The number of aromatic nitrogens is 3. The number of likely N-dealkylation sites (tertiary alicyclic amines) is 1. The molecule has 2 aliphatic rings. The lowest BCUT2D eigenvalue weighted by atomic mass is 9.72. The van der Waals surface area contributed by atoms with Gasteiger partial charge in [0, 0.05) is 42.8 Å². The number of oxazole rings is 1. The van der Waals surface area contributed by atoms with Crippen LogP contribution in [0.2, 0.25) is 0 Å². The molecule has 2 fully saturated rings. The zero-order valence-electron chi connectivity index (χ0n) is 19.3. The van der Waals surface area contributed by atoms with Gasteiger partial charge in [0.25, 0.3) is 0 Å². The number of hydrogen-bond acceptors (Lipinski definition) is 6. The predicted molar refractivity (Wildman–Crippen MR) is 126 cm³/mol. The molecule has 33 heavy (non-hydrogen) atoms.